The molecule has 4 rings (SSSR count). The Morgan fingerprint density at radius 3 is 2.29 bits per heavy atom. The molecule has 2 amide bonds. The Morgan fingerprint density at radius 2 is 1.58 bits per heavy atom. The summed E-state index contributed by atoms with van der Waals surface area (Å²) in [5.74, 6) is -0.171. The Bertz CT molecular complexity index is 1220. The predicted molar refractivity (Wildman–Crippen MR) is 126 cm³/mol. The monoisotopic (exact) mass is 449 g/mol. The molecule has 0 fully saturated rings. The van der Waals surface area contributed by atoms with E-state index < -0.39 is 0 Å². The second-order valence-corrected chi connectivity index (χ2v) is 8.65. The van der Waals surface area contributed by atoms with Crippen LogP contribution in [0.3, 0.4) is 0 Å². The van der Waals surface area contributed by atoms with E-state index >= 15 is 0 Å². The summed E-state index contributed by atoms with van der Waals surface area (Å²) in [5, 5.41) is 0.606. The van der Waals surface area contributed by atoms with Crippen molar-refractivity contribution >= 4 is 46.4 Å². The molecule has 1 aliphatic rings. The number of para-hydroxylation sites is 1. The SMILES string of the molecule is COc1ccccc1C1=C(Sc2ccc(Cl)cc2)C(=O)N(c2cccc(C)c2C)C1=O. The summed E-state index contributed by atoms with van der Waals surface area (Å²) < 4.78 is 5.50. The van der Waals surface area contributed by atoms with Crippen molar-refractivity contribution in [1.29, 1.82) is 0 Å². The van der Waals surface area contributed by atoms with Crippen molar-refractivity contribution in [1.82, 2.24) is 0 Å². The molecular weight excluding hydrogens is 430 g/mol. The Hall–Kier alpha value is -3.02. The Morgan fingerprint density at radius 1 is 0.871 bits per heavy atom. The van der Waals surface area contributed by atoms with Crippen molar-refractivity contribution in [3.63, 3.8) is 0 Å². The van der Waals surface area contributed by atoms with Gasteiger partial charge in [0.2, 0.25) is 0 Å². The highest BCUT2D eigenvalue weighted by atomic mass is 35.5. The van der Waals surface area contributed by atoms with Crippen molar-refractivity contribution in [2.75, 3.05) is 12.0 Å². The topological polar surface area (TPSA) is 46.6 Å². The molecular formula is C25H20ClNO3S. The van der Waals surface area contributed by atoms with E-state index in [1.54, 1.807) is 37.4 Å². The van der Waals surface area contributed by atoms with E-state index in [1.807, 2.05) is 50.2 Å². The highest BCUT2D eigenvalue weighted by molar-refractivity contribution is 8.04. The quantitative estimate of drug-likeness (QED) is 0.445. The summed E-state index contributed by atoms with van der Waals surface area (Å²) in [6.07, 6.45) is 0. The zero-order chi connectivity index (χ0) is 22.1. The maximum Gasteiger partial charge on any atom is 0.272 e. The molecule has 1 aliphatic heterocycles. The minimum absolute atomic E-state index is 0.336. The number of carbonyl (C=O) groups is 2. The van der Waals surface area contributed by atoms with Crippen LogP contribution in [0.5, 0.6) is 5.75 Å². The molecule has 4 nitrogen and oxygen atoms in total. The lowest BCUT2D eigenvalue weighted by Gasteiger charge is -2.19. The minimum Gasteiger partial charge on any atom is -0.496 e. The van der Waals surface area contributed by atoms with E-state index in [0.29, 0.717) is 32.5 Å². The van der Waals surface area contributed by atoms with Crippen LogP contribution in [0.1, 0.15) is 16.7 Å². The highest BCUT2D eigenvalue weighted by Crippen LogP contribution is 2.44. The van der Waals surface area contributed by atoms with E-state index in [1.165, 1.54) is 16.7 Å². The molecule has 156 valence electrons. The number of methoxy groups -OCH3 is 1. The third-order valence-corrected chi connectivity index (χ3v) is 6.61. The number of thioether (sulfide) groups is 1. The van der Waals surface area contributed by atoms with Gasteiger partial charge in [-0.05, 0) is 61.4 Å². The van der Waals surface area contributed by atoms with Gasteiger partial charge in [0, 0.05) is 15.5 Å². The second kappa shape index (κ2) is 8.61. The number of amides is 2. The third-order valence-electron chi connectivity index (χ3n) is 5.27. The number of imide groups is 1. The molecule has 0 aromatic heterocycles. The zero-order valence-electron chi connectivity index (χ0n) is 17.3. The van der Waals surface area contributed by atoms with Crippen molar-refractivity contribution in [2.24, 2.45) is 0 Å². The number of anilines is 1. The molecule has 6 heteroatoms. The van der Waals surface area contributed by atoms with E-state index in [0.717, 1.165) is 16.0 Å². The smallest absolute Gasteiger partial charge is 0.272 e. The summed E-state index contributed by atoms with van der Waals surface area (Å²) >= 11 is 7.27. The number of aryl methyl sites for hydroxylation is 1. The van der Waals surface area contributed by atoms with E-state index in [9.17, 15) is 9.59 Å². The third kappa shape index (κ3) is 3.87. The van der Waals surface area contributed by atoms with Gasteiger partial charge in [-0.3, -0.25) is 9.59 Å². The largest absolute Gasteiger partial charge is 0.496 e. The van der Waals surface area contributed by atoms with Gasteiger partial charge in [0.25, 0.3) is 11.8 Å². The predicted octanol–water partition coefficient (Wildman–Crippen LogP) is 6.04. The first-order valence-corrected chi connectivity index (χ1v) is 10.9. The molecule has 0 saturated heterocycles. The first-order valence-electron chi connectivity index (χ1n) is 9.68. The van der Waals surface area contributed by atoms with E-state index in [2.05, 4.69) is 0 Å². The number of hydrogen-bond donors (Lipinski definition) is 0. The molecule has 0 atom stereocenters. The van der Waals surface area contributed by atoms with Gasteiger partial charge in [0.15, 0.2) is 0 Å². The lowest BCUT2D eigenvalue weighted by molar-refractivity contribution is -0.119. The van der Waals surface area contributed by atoms with Crippen LogP contribution in [-0.4, -0.2) is 18.9 Å². The summed E-state index contributed by atoms with van der Waals surface area (Å²) in [7, 11) is 1.55. The average Bonchev–Trinajstić information content (AvgIpc) is 3.01. The van der Waals surface area contributed by atoms with Gasteiger partial charge in [0.05, 0.1) is 23.3 Å². The van der Waals surface area contributed by atoms with Crippen molar-refractivity contribution in [2.45, 2.75) is 18.7 Å². The Balaban J connectivity index is 1.88. The molecule has 0 N–H and O–H groups in total. The summed E-state index contributed by atoms with van der Waals surface area (Å²) in [5.41, 5.74) is 3.42. The van der Waals surface area contributed by atoms with Gasteiger partial charge in [0.1, 0.15) is 5.75 Å². The molecule has 0 bridgehead atoms. The normalized spacial score (nSPS) is 13.9. The summed E-state index contributed by atoms with van der Waals surface area (Å²) in [4.78, 5) is 29.7. The molecule has 0 unspecified atom stereocenters. The van der Waals surface area contributed by atoms with Crippen LogP contribution in [0.2, 0.25) is 5.02 Å². The molecule has 0 saturated carbocycles. The number of hydrogen-bond acceptors (Lipinski definition) is 4. The van der Waals surface area contributed by atoms with Crippen LogP contribution < -0.4 is 9.64 Å². The molecule has 3 aromatic carbocycles. The summed E-state index contributed by atoms with van der Waals surface area (Å²) in [6, 6.07) is 20.0. The molecule has 0 spiro atoms. The van der Waals surface area contributed by atoms with Crippen molar-refractivity contribution in [3.05, 3.63) is 93.3 Å². The van der Waals surface area contributed by atoms with E-state index in [-0.39, 0.29) is 11.8 Å². The lowest BCUT2D eigenvalue weighted by atomic mass is 10.0. The fourth-order valence-corrected chi connectivity index (χ4v) is 4.62. The fourth-order valence-electron chi connectivity index (χ4n) is 3.51. The number of rotatable bonds is 5. The van der Waals surface area contributed by atoms with Crippen molar-refractivity contribution < 1.29 is 14.3 Å². The van der Waals surface area contributed by atoms with Gasteiger partial charge in [-0.1, -0.05) is 53.7 Å². The van der Waals surface area contributed by atoms with Gasteiger partial charge >= 0.3 is 0 Å². The molecule has 1 heterocycles. The van der Waals surface area contributed by atoms with Gasteiger partial charge < -0.3 is 4.74 Å². The average molecular weight is 450 g/mol. The lowest BCUT2D eigenvalue weighted by Crippen LogP contribution is -2.32. The second-order valence-electron chi connectivity index (χ2n) is 7.13. The fraction of sp³-hybridized carbons (Fsp3) is 0.120. The number of ether oxygens (including phenoxy) is 1. The number of benzene rings is 3. The van der Waals surface area contributed by atoms with Gasteiger partial charge in [-0.2, -0.15) is 0 Å². The van der Waals surface area contributed by atoms with Gasteiger partial charge in [-0.15, -0.1) is 0 Å². The van der Waals surface area contributed by atoms with Crippen LogP contribution in [0, 0.1) is 13.8 Å². The maximum absolute atomic E-state index is 13.7. The standard InChI is InChI=1S/C25H20ClNO3S/c1-15-7-6-9-20(16(15)2)27-24(28)22(19-8-4-5-10-21(19)30-3)23(25(27)29)31-18-13-11-17(26)12-14-18/h4-14H,1-3H3. The minimum atomic E-state index is -0.361. The first-order chi connectivity index (χ1) is 14.9. The van der Waals surface area contributed by atoms with Crippen LogP contribution >= 0.6 is 23.4 Å². The first kappa shape index (κ1) is 21.2. The van der Waals surface area contributed by atoms with Crippen LogP contribution in [0.15, 0.2) is 76.5 Å². The van der Waals surface area contributed by atoms with Crippen LogP contribution in [0.4, 0.5) is 5.69 Å². The molecule has 3 aromatic rings. The number of carbonyl (C=O) groups excluding carboxylic acids is 2. The molecule has 0 aliphatic carbocycles. The Labute approximate surface area is 190 Å². The summed E-state index contributed by atoms with van der Waals surface area (Å²) in [6.45, 7) is 3.88. The van der Waals surface area contributed by atoms with Gasteiger partial charge in [-0.25, -0.2) is 4.90 Å². The van der Waals surface area contributed by atoms with Crippen LogP contribution in [-0.2, 0) is 9.59 Å². The molecule has 0 radical (unpaired) electrons. The number of nitrogens with zero attached hydrogens (tertiary/aromatic N) is 1. The van der Waals surface area contributed by atoms with Crippen LogP contribution in [0.25, 0.3) is 5.57 Å². The maximum atomic E-state index is 13.7. The highest BCUT2D eigenvalue weighted by Gasteiger charge is 2.42. The zero-order valence-corrected chi connectivity index (χ0v) is 18.9. The Kier molecular flexibility index (Phi) is 5.90. The van der Waals surface area contributed by atoms with E-state index in [4.69, 9.17) is 16.3 Å². The van der Waals surface area contributed by atoms with Crippen molar-refractivity contribution in [3.8, 4) is 5.75 Å². The number of halogens is 1. The molecule has 31 heavy (non-hydrogen) atoms.